The third kappa shape index (κ3) is 3.32. The number of nitrogens with zero attached hydrogens (tertiary/aromatic N) is 3. The number of benzene rings is 1. The number of piperidine rings is 1. The van der Waals surface area contributed by atoms with Crippen LogP contribution in [0.1, 0.15) is 30.4 Å². The first-order chi connectivity index (χ1) is 10.2. The van der Waals surface area contributed by atoms with Crippen molar-refractivity contribution >= 4 is 17.3 Å². The van der Waals surface area contributed by atoms with E-state index in [0.717, 1.165) is 30.4 Å². The fraction of sp³-hybridized carbons (Fsp3) is 0.412. The zero-order valence-electron chi connectivity index (χ0n) is 12.8. The molecule has 0 aliphatic carbocycles. The molecule has 4 heteroatoms. The first kappa shape index (κ1) is 13.9. The average Bonchev–Trinajstić information content (AvgIpc) is 2.52. The Morgan fingerprint density at radius 2 is 1.81 bits per heavy atom. The van der Waals surface area contributed by atoms with Gasteiger partial charge < -0.3 is 10.2 Å². The number of hydrogen-bond acceptors (Lipinski definition) is 4. The van der Waals surface area contributed by atoms with Crippen molar-refractivity contribution in [1.29, 1.82) is 0 Å². The van der Waals surface area contributed by atoms with Gasteiger partial charge in [0.15, 0.2) is 0 Å². The fourth-order valence-electron chi connectivity index (χ4n) is 2.72. The van der Waals surface area contributed by atoms with Gasteiger partial charge >= 0.3 is 0 Å². The minimum absolute atomic E-state index is 0.860. The first-order valence-corrected chi connectivity index (χ1v) is 7.64. The molecule has 1 N–H and O–H groups in total. The molecule has 2 heterocycles. The maximum Gasteiger partial charge on any atom is 0.135 e. The number of aryl methyl sites for hydroxylation is 2. The first-order valence-electron chi connectivity index (χ1n) is 7.64. The van der Waals surface area contributed by atoms with E-state index < -0.39 is 0 Å². The topological polar surface area (TPSA) is 41.0 Å². The van der Waals surface area contributed by atoms with Gasteiger partial charge in [-0.05, 0) is 50.3 Å². The summed E-state index contributed by atoms with van der Waals surface area (Å²) in [5.74, 6) is 1.89. The largest absolute Gasteiger partial charge is 0.356 e. The predicted octanol–water partition coefficient (Wildman–Crippen LogP) is 3.83. The van der Waals surface area contributed by atoms with E-state index in [1.165, 1.54) is 30.4 Å². The molecule has 1 aromatic carbocycles. The van der Waals surface area contributed by atoms with Crippen molar-refractivity contribution in [1.82, 2.24) is 9.97 Å². The van der Waals surface area contributed by atoms with Crippen LogP contribution in [-0.2, 0) is 0 Å². The summed E-state index contributed by atoms with van der Waals surface area (Å²) >= 11 is 0. The molecule has 1 aliphatic rings. The summed E-state index contributed by atoms with van der Waals surface area (Å²) in [7, 11) is 0. The van der Waals surface area contributed by atoms with Crippen LogP contribution in [0.4, 0.5) is 17.3 Å². The Labute approximate surface area is 126 Å². The Bertz CT molecular complexity index is 618. The minimum Gasteiger partial charge on any atom is -0.356 e. The predicted molar refractivity (Wildman–Crippen MR) is 87.3 cm³/mol. The second-order valence-corrected chi connectivity index (χ2v) is 5.75. The van der Waals surface area contributed by atoms with Crippen molar-refractivity contribution in [3.05, 3.63) is 41.7 Å². The standard InChI is InChI=1S/C17H22N4/c1-13-6-7-14(2)15(10-13)20-16-11-17(19-12-18-16)21-8-4-3-5-9-21/h6-7,10-12H,3-5,8-9H2,1-2H3,(H,18,19,20). The minimum atomic E-state index is 0.860. The molecule has 0 unspecified atom stereocenters. The highest BCUT2D eigenvalue weighted by Crippen LogP contribution is 2.23. The molecule has 1 fully saturated rings. The van der Waals surface area contributed by atoms with Crippen molar-refractivity contribution in [3.63, 3.8) is 0 Å². The molecule has 3 rings (SSSR count). The number of anilines is 3. The fourth-order valence-corrected chi connectivity index (χ4v) is 2.72. The highest BCUT2D eigenvalue weighted by molar-refractivity contribution is 5.63. The summed E-state index contributed by atoms with van der Waals surface area (Å²) in [5.41, 5.74) is 3.57. The van der Waals surface area contributed by atoms with E-state index in [1.54, 1.807) is 6.33 Å². The summed E-state index contributed by atoms with van der Waals surface area (Å²) in [6.45, 7) is 6.40. The summed E-state index contributed by atoms with van der Waals surface area (Å²) in [5, 5.41) is 3.41. The molecule has 0 spiro atoms. The van der Waals surface area contributed by atoms with Gasteiger partial charge in [-0.3, -0.25) is 0 Å². The monoisotopic (exact) mass is 282 g/mol. The van der Waals surface area contributed by atoms with Crippen LogP contribution >= 0.6 is 0 Å². The van der Waals surface area contributed by atoms with Crippen LogP contribution in [0, 0.1) is 13.8 Å². The molecule has 110 valence electrons. The maximum atomic E-state index is 4.42. The molecule has 0 atom stereocenters. The second kappa shape index (κ2) is 6.12. The van der Waals surface area contributed by atoms with E-state index >= 15 is 0 Å². The van der Waals surface area contributed by atoms with Gasteiger partial charge in [0.25, 0.3) is 0 Å². The SMILES string of the molecule is Cc1ccc(C)c(Nc2cc(N3CCCCC3)ncn2)c1. The van der Waals surface area contributed by atoms with E-state index in [-0.39, 0.29) is 0 Å². The highest BCUT2D eigenvalue weighted by Gasteiger charge is 2.12. The average molecular weight is 282 g/mol. The van der Waals surface area contributed by atoms with Gasteiger partial charge in [0, 0.05) is 24.8 Å². The number of rotatable bonds is 3. The Hall–Kier alpha value is -2.10. The lowest BCUT2D eigenvalue weighted by molar-refractivity contribution is 0.573. The molecule has 4 nitrogen and oxygen atoms in total. The van der Waals surface area contributed by atoms with Crippen molar-refractivity contribution in [3.8, 4) is 0 Å². The van der Waals surface area contributed by atoms with Crippen molar-refractivity contribution in [2.24, 2.45) is 0 Å². The Morgan fingerprint density at radius 3 is 2.62 bits per heavy atom. The van der Waals surface area contributed by atoms with Crippen LogP contribution < -0.4 is 10.2 Å². The van der Waals surface area contributed by atoms with Crippen molar-refractivity contribution in [2.75, 3.05) is 23.3 Å². The zero-order valence-corrected chi connectivity index (χ0v) is 12.8. The molecule has 2 aromatic rings. The van der Waals surface area contributed by atoms with Crippen molar-refractivity contribution in [2.45, 2.75) is 33.1 Å². The summed E-state index contributed by atoms with van der Waals surface area (Å²) < 4.78 is 0. The van der Waals surface area contributed by atoms with Crippen LogP contribution in [-0.4, -0.2) is 23.1 Å². The molecular formula is C17H22N4. The van der Waals surface area contributed by atoms with Gasteiger partial charge in [0.2, 0.25) is 0 Å². The normalized spacial score (nSPS) is 15.0. The molecule has 1 aliphatic heterocycles. The van der Waals surface area contributed by atoms with Crippen LogP contribution in [0.15, 0.2) is 30.6 Å². The molecule has 0 saturated carbocycles. The third-order valence-corrected chi connectivity index (χ3v) is 3.99. The smallest absolute Gasteiger partial charge is 0.135 e. The molecule has 0 bridgehead atoms. The number of nitrogens with one attached hydrogen (secondary N) is 1. The molecule has 1 aromatic heterocycles. The summed E-state index contributed by atoms with van der Waals surface area (Å²) in [4.78, 5) is 11.1. The molecule has 21 heavy (non-hydrogen) atoms. The Kier molecular flexibility index (Phi) is 4.04. The van der Waals surface area contributed by atoms with Crippen LogP contribution in [0.2, 0.25) is 0 Å². The quantitative estimate of drug-likeness (QED) is 0.929. The Morgan fingerprint density at radius 1 is 1.00 bits per heavy atom. The third-order valence-electron chi connectivity index (χ3n) is 3.99. The Balaban J connectivity index is 1.81. The number of hydrogen-bond donors (Lipinski definition) is 1. The summed E-state index contributed by atoms with van der Waals surface area (Å²) in [6.07, 6.45) is 5.49. The van der Waals surface area contributed by atoms with E-state index in [1.807, 2.05) is 6.07 Å². The highest BCUT2D eigenvalue weighted by atomic mass is 15.2. The van der Waals surface area contributed by atoms with Gasteiger partial charge in [-0.2, -0.15) is 0 Å². The van der Waals surface area contributed by atoms with Gasteiger partial charge in [0.1, 0.15) is 18.0 Å². The van der Waals surface area contributed by atoms with Gasteiger partial charge in [-0.25, -0.2) is 9.97 Å². The van der Waals surface area contributed by atoms with Gasteiger partial charge in [-0.15, -0.1) is 0 Å². The molecule has 1 saturated heterocycles. The van der Waals surface area contributed by atoms with Gasteiger partial charge in [-0.1, -0.05) is 12.1 Å². The van der Waals surface area contributed by atoms with E-state index in [9.17, 15) is 0 Å². The van der Waals surface area contributed by atoms with Crippen LogP contribution in [0.5, 0.6) is 0 Å². The zero-order chi connectivity index (χ0) is 14.7. The van der Waals surface area contributed by atoms with E-state index in [4.69, 9.17) is 0 Å². The van der Waals surface area contributed by atoms with Gasteiger partial charge in [0.05, 0.1) is 0 Å². The lowest BCUT2D eigenvalue weighted by Crippen LogP contribution is -2.30. The van der Waals surface area contributed by atoms with Crippen LogP contribution in [0.25, 0.3) is 0 Å². The molecular weight excluding hydrogens is 260 g/mol. The molecule has 0 radical (unpaired) electrons. The van der Waals surface area contributed by atoms with E-state index in [0.29, 0.717) is 0 Å². The lowest BCUT2D eigenvalue weighted by Gasteiger charge is -2.27. The maximum absolute atomic E-state index is 4.42. The molecule has 0 amide bonds. The summed E-state index contributed by atoms with van der Waals surface area (Å²) in [6, 6.07) is 8.45. The second-order valence-electron chi connectivity index (χ2n) is 5.75. The van der Waals surface area contributed by atoms with Crippen molar-refractivity contribution < 1.29 is 0 Å². The number of aromatic nitrogens is 2. The lowest BCUT2D eigenvalue weighted by atomic mass is 10.1. The van der Waals surface area contributed by atoms with E-state index in [2.05, 4.69) is 52.2 Å². The van der Waals surface area contributed by atoms with Crippen LogP contribution in [0.3, 0.4) is 0 Å².